The van der Waals surface area contributed by atoms with E-state index in [-0.39, 0.29) is 5.41 Å². The first-order valence-electron chi connectivity index (χ1n) is 7.28. The van der Waals surface area contributed by atoms with Crippen LogP contribution in [0.15, 0.2) is 23.6 Å². The van der Waals surface area contributed by atoms with Gasteiger partial charge in [-0.2, -0.15) is 0 Å². The monoisotopic (exact) mass is 304 g/mol. The number of hydrogen-bond donors (Lipinski definition) is 1. The van der Waals surface area contributed by atoms with E-state index in [4.69, 9.17) is 10.5 Å². The van der Waals surface area contributed by atoms with Crippen LogP contribution in [0.5, 0.6) is 5.75 Å². The fraction of sp³-hybridized carbons (Fsp3) is 0.471. The fourth-order valence-corrected chi connectivity index (χ4v) is 3.06. The normalized spacial score (nSPS) is 11.7. The van der Waals surface area contributed by atoms with Crippen molar-refractivity contribution in [3.05, 3.63) is 45.4 Å². The van der Waals surface area contributed by atoms with Crippen LogP contribution in [-0.2, 0) is 18.4 Å². The Bertz CT molecular complexity index is 599. The van der Waals surface area contributed by atoms with Gasteiger partial charge in [-0.05, 0) is 31.0 Å². The molecule has 2 N–H and O–H groups in total. The highest BCUT2D eigenvalue weighted by Crippen LogP contribution is 2.27. The van der Waals surface area contributed by atoms with Crippen molar-refractivity contribution in [2.45, 2.75) is 46.1 Å². The highest BCUT2D eigenvalue weighted by molar-refractivity contribution is 7.09. The second kappa shape index (κ2) is 6.58. The van der Waals surface area contributed by atoms with Crippen LogP contribution in [0.3, 0.4) is 0 Å². The lowest BCUT2D eigenvalue weighted by molar-refractivity contribution is 0.299. The van der Waals surface area contributed by atoms with Crippen molar-refractivity contribution < 1.29 is 4.74 Å². The van der Waals surface area contributed by atoms with Gasteiger partial charge in [0.05, 0.1) is 5.69 Å². The Morgan fingerprint density at radius 2 is 2.05 bits per heavy atom. The maximum absolute atomic E-state index is 6.02. The lowest BCUT2D eigenvalue weighted by atomic mass is 9.93. The molecule has 0 radical (unpaired) electrons. The summed E-state index contributed by atoms with van der Waals surface area (Å²) in [5.74, 6) is 0.954. The van der Waals surface area contributed by atoms with Gasteiger partial charge in [0.15, 0.2) is 0 Å². The van der Waals surface area contributed by atoms with Crippen molar-refractivity contribution in [2.75, 3.05) is 6.54 Å². The number of hydrogen-bond acceptors (Lipinski definition) is 4. The molecule has 0 bridgehead atoms. The second-order valence-electron chi connectivity index (χ2n) is 6.27. The predicted molar refractivity (Wildman–Crippen MR) is 89.1 cm³/mol. The molecule has 0 aliphatic heterocycles. The van der Waals surface area contributed by atoms with E-state index >= 15 is 0 Å². The number of aromatic nitrogens is 1. The van der Waals surface area contributed by atoms with E-state index in [1.54, 1.807) is 11.3 Å². The third-order valence-electron chi connectivity index (χ3n) is 3.37. The van der Waals surface area contributed by atoms with Crippen LogP contribution in [0.1, 0.15) is 42.6 Å². The zero-order valence-corrected chi connectivity index (χ0v) is 14.1. The molecule has 0 aliphatic rings. The smallest absolute Gasteiger partial charge is 0.140 e. The molecule has 1 heterocycles. The van der Waals surface area contributed by atoms with Gasteiger partial charge < -0.3 is 10.5 Å². The summed E-state index contributed by atoms with van der Waals surface area (Å²) in [6, 6.07) is 6.20. The molecule has 1 aromatic carbocycles. The highest BCUT2D eigenvalue weighted by Gasteiger charge is 2.17. The van der Waals surface area contributed by atoms with Crippen molar-refractivity contribution >= 4 is 11.3 Å². The number of nitrogens with two attached hydrogens (primary N) is 1. The summed E-state index contributed by atoms with van der Waals surface area (Å²) in [5, 5.41) is 3.14. The Hall–Kier alpha value is -1.39. The number of aryl methyl sites for hydroxylation is 1. The summed E-state index contributed by atoms with van der Waals surface area (Å²) in [5.41, 5.74) is 9.20. The van der Waals surface area contributed by atoms with Crippen LogP contribution < -0.4 is 10.5 Å². The van der Waals surface area contributed by atoms with Crippen molar-refractivity contribution in [3.63, 3.8) is 0 Å². The van der Waals surface area contributed by atoms with E-state index in [0.29, 0.717) is 13.2 Å². The fourth-order valence-electron chi connectivity index (χ4n) is 2.13. The summed E-state index contributed by atoms with van der Waals surface area (Å²) in [7, 11) is 0. The minimum Gasteiger partial charge on any atom is -0.486 e. The highest BCUT2D eigenvalue weighted by atomic mass is 32.1. The summed E-state index contributed by atoms with van der Waals surface area (Å²) in [4.78, 5) is 4.67. The molecular formula is C17H24N2OS. The van der Waals surface area contributed by atoms with E-state index in [0.717, 1.165) is 28.4 Å². The number of thiazole rings is 1. The molecule has 0 unspecified atom stereocenters. The average Bonchev–Trinajstić information content (AvgIpc) is 2.87. The number of benzene rings is 1. The van der Waals surface area contributed by atoms with Crippen LogP contribution in [-0.4, -0.2) is 11.5 Å². The largest absolute Gasteiger partial charge is 0.486 e. The molecule has 3 nitrogen and oxygen atoms in total. The molecule has 0 amide bonds. The van der Waals surface area contributed by atoms with Gasteiger partial charge in [0.25, 0.3) is 0 Å². The molecule has 2 rings (SSSR count). The Labute approximate surface area is 131 Å². The van der Waals surface area contributed by atoms with E-state index in [1.807, 2.05) is 6.07 Å². The molecule has 0 saturated carbocycles. The zero-order chi connectivity index (χ0) is 15.5. The Kier molecular flexibility index (Phi) is 5.01. The molecule has 0 saturated heterocycles. The number of rotatable bonds is 5. The molecular weight excluding hydrogens is 280 g/mol. The van der Waals surface area contributed by atoms with E-state index in [9.17, 15) is 0 Å². The Morgan fingerprint density at radius 3 is 2.67 bits per heavy atom. The maximum atomic E-state index is 6.02. The van der Waals surface area contributed by atoms with Crippen LogP contribution in [0.4, 0.5) is 0 Å². The van der Waals surface area contributed by atoms with Gasteiger partial charge in [0, 0.05) is 10.8 Å². The van der Waals surface area contributed by atoms with Gasteiger partial charge >= 0.3 is 0 Å². The first-order valence-corrected chi connectivity index (χ1v) is 8.16. The first-order chi connectivity index (χ1) is 9.91. The van der Waals surface area contributed by atoms with Crippen LogP contribution in [0.25, 0.3) is 0 Å². The van der Waals surface area contributed by atoms with E-state index in [2.05, 4.69) is 50.2 Å². The average molecular weight is 304 g/mol. The summed E-state index contributed by atoms with van der Waals surface area (Å²) in [6.45, 7) is 9.74. The summed E-state index contributed by atoms with van der Waals surface area (Å²) >= 11 is 1.66. The van der Waals surface area contributed by atoms with Crippen LogP contribution in [0, 0.1) is 6.92 Å². The van der Waals surface area contributed by atoms with Gasteiger partial charge in [0.2, 0.25) is 0 Å². The Morgan fingerprint density at radius 1 is 1.29 bits per heavy atom. The third kappa shape index (κ3) is 4.05. The molecule has 4 heteroatoms. The predicted octanol–water partition coefficient (Wildman–Crippen LogP) is 3.83. The first kappa shape index (κ1) is 16.0. The summed E-state index contributed by atoms with van der Waals surface area (Å²) in [6.07, 6.45) is 0.835. The van der Waals surface area contributed by atoms with Crippen LogP contribution >= 0.6 is 11.3 Å². The molecule has 114 valence electrons. The van der Waals surface area contributed by atoms with Gasteiger partial charge in [-0.1, -0.05) is 39.0 Å². The minimum absolute atomic E-state index is 0.0854. The number of para-hydroxylation sites is 1. The van der Waals surface area contributed by atoms with Crippen molar-refractivity contribution in [2.24, 2.45) is 5.73 Å². The van der Waals surface area contributed by atoms with Gasteiger partial charge in [-0.3, -0.25) is 0 Å². The standard InChI is InChI=1S/C17H24N2OS/c1-12-6-5-7-13(8-9-18)16(12)20-10-15-19-14(11-21-15)17(2,3)4/h5-7,11H,8-10,18H2,1-4H3. The van der Waals surface area contributed by atoms with Gasteiger partial charge in [0.1, 0.15) is 17.4 Å². The minimum atomic E-state index is 0.0854. The lowest BCUT2D eigenvalue weighted by Gasteiger charge is -2.15. The molecule has 0 aliphatic carbocycles. The SMILES string of the molecule is Cc1cccc(CCN)c1OCc1nc(C(C)(C)C)cs1. The molecule has 0 fully saturated rings. The van der Waals surface area contributed by atoms with Gasteiger partial charge in [-0.25, -0.2) is 4.98 Å². The topological polar surface area (TPSA) is 48.1 Å². The van der Waals surface area contributed by atoms with Gasteiger partial charge in [-0.15, -0.1) is 11.3 Å². The second-order valence-corrected chi connectivity index (χ2v) is 7.21. The quantitative estimate of drug-likeness (QED) is 0.913. The maximum Gasteiger partial charge on any atom is 0.140 e. The van der Waals surface area contributed by atoms with Crippen molar-refractivity contribution in [1.82, 2.24) is 4.98 Å². The third-order valence-corrected chi connectivity index (χ3v) is 4.19. The Balaban J connectivity index is 2.11. The number of ether oxygens (including phenoxy) is 1. The molecule has 1 aromatic heterocycles. The molecule has 2 aromatic rings. The van der Waals surface area contributed by atoms with Crippen molar-refractivity contribution in [1.29, 1.82) is 0 Å². The lowest BCUT2D eigenvalue weighted by Crippen LogP contribution is -2.12. The zero-order valence-electron chi connectivity index (χ0n) is 13.3. The number of nitrogens with zero attached hydrogens (tertiary/aromatic N) is 1. The van der Waals surface area contributed by atoms with E-state index < -0.39 is 0 Å². The van der Waals surface area contributed by atoms with E-state index in [1.165, 1.54) is 5.56 Å². The molecule has 0 atom stereocenters. The van der Waals surface area contributed by atoms with Crippen molar-refractivity contribution in [3.8, 4) is 5.75 Å². The summed E-state index contributed by atoms with van der Waals surface area (Å²) < 4.78 is 6.02. The van der Waals surface area contributed by atoms with Crippen LogP contribution in [0.2, 0.25) is 0 Å². The molecule has 21 heavy (non-hydrogen) atoms. The molecule has 0 spiro atoms.